The smallest absolute Gasteiger partial charge is 0.341 e. The van der Waals surface area contributed by atoms with Gasteiger partial charge in [0.05, 0.1) is 11.1 Å². The number of rotatable bonds is 4. The van der Waals surface area contributed by atoms with Crippen LogP contribution in [0.5, 0.6) is 0 Å². The Hall–Kier alpha value is -3.21. The third kappa shape index (κ3) is 3.72. The van der Waals surface area contributed by atoms with Crippen LogP contribution in [-0.2, 0) is 9.53 Å². The SMILES string of the molecule is Cc1ccc(NC(=O)[C@@H](C)OC(=O)c2cccc3cccnc23)c(C)c1. The molecule has 26 heavy (non-hydrogen) atoms. The van der Waals surface area contributed by atoms with Gasteiger partial charge in [-0.1, -0.05) is 35.9 Å². The highest BCUT2D eigenvalue weighted by Gasteiger charge is 2.21. The van der Waals surface area contributed by atoms with Crippen LogP contribution in [0.15, 0.2) is 54.7 Å². The minimum Gasteiger partial charge on any atom is -0.449 e. The lowest BCUT2D eigenvalue weighted by molar-refractivity contribution is -0.123. The van der Waals surface area contributed by atoms with Gasteiger partial charge in [0.1, 0.15) is 0 Å². The number of anilines is 1. The average molecular weight is 348 g/mol. The van der Waals surface area contributed by atoms with E-state index in [4.69, 9.17) is 4.74 Å². The number of fused-ring (bicyclic) bond motifs is 1. The molecule has 2 aromatic carbocycles. The van der Waals surface area contributed by atoms with Crippen LogP contribution in [0, 0.1) is 13.8 Å². The van der Waals surface area contributed by atoms with Crippen LogP contribution in [0.3, 0.4) is 0 Å². The minimum atomic E-state index is -0.929. The van der Waals surface area contributed by atoms with E-state index in [0.717, 1.165) is 16.5 Å². The molecule has 0 unspecified atom stereocenters. The largest absolute Gasteiger partial charge is 0.449 e. The third-order valence-corrected chi connectivity index (χ3v) is 4.15. The van der Waals surface area contributed by atoms with Gasteiger partial charge in [-0.25, -0.2) is 4.79 Å². The normalized spacial score (nSPS) is 11.8. The highest BCUT2D eigenvalue weighted by Crippen LogP contribution is 2.19. The highest BCUT2D eigenvalue weighted by atomic mass is 16.5. The number of carbonyl (C=O) groups excluding carboxylic acids is 2. The third-order valence-electron chi connectivity index (χ3n) is 4.15. The van der Waals surface area contributed by atoms with E-state index in [0.29, 0.717) is 16.8 Å². The molecule has 5 heteroatoms. The number of hydrogen-bond donors (Lipinski definition) is 1. The Labute approximate surface area is 152 Å². The van der Waals surface area contributed by atoms with Gasteiger partial charge < -0.3 is 10.1 Å². The predicted octanol–water partition coefficient (Wildman–Crippen LogP) is 4.04. The van der Waals surface area contributed by atoms with E-state index in [-0.39, 0.29) is 5.91 Å². The maximum absolute atomic E-state index is 12.5. The van der Waals surface area contributed by atoms with E-state index in [1.165, 1.54) is 0 Å². The lowest BCUT2D eigenvalue weighted by Gasteiger charge is -2.15. The summed E-state index contributed by atoms with van der Waals surface area (Å²) in [7, 11) is 0. The lowest BCUT2D eigenvalue weighted by Crippen LogP contribution is -2.30. The number of para-hydroxylation sites is 1. The second-order valence-electron chi connectivity index (χ2n) is 6.24. The van der Waals surface area contributed by atoms with Crippen LogP contribution in [-0.4, -0.2) is 23.0 Å². The number of pyridine rings is 1. The van der Waals surface area contributed by atoms with Gasteiger partial charge in [-0.05, 0) is 44.5 Å². The molecule has 1 aromatic heterocycles. The van der Waals surface area contributed by atoms with Crippen molar-refractivity contribution in [2.45, 2.75) is 26.9 Å². The zero-order chi connectivity index (χ0) is 18.7. The van der Waals surface area contributed by atoms with E-state index in [2.05, 4.69) is 10.3 Å². The number of aryl methyl sites for hydroxylation is 2. The molecule has 0 bridgehead atoms. The molecule has 1 N–H and O–H groups in total. The first-order chi connectivity index (χ1) is 12.5. The fourth-order valence-electron chi connectivity index (χ4n) is 2.73. The van der Waals surface area contributed by atoms with Crippen LogP contribution < -0.4 is 5.32 Å². The first kappa shape index (κ1) is 17.6. The summed E-state index contributed by atoms with van der Waals surface area (Å²) < 4.78 is 5.35. The van der Waals surface area contributed by atoms with Gasteiger partial charge in [-0.2, -0.15) is 0 Å². The summed E-state index contributed by atoms with van der Waals surface area (Å²) in [6.45, 7) is 5.46. The summed E-state index contributed by atoms with van der Waals surface area (Å²) in [6, 6.07) is 14.7. The zero-order valence-electron chi connectivity index (χ0n) is 14.9. The van der Waals surface area contributed by atoms with Crippen molar-refractivity contribution in [1.29, 1.82) is 0 Å². The molecule has 0 spiro atoms. The fraction of sp³-hybridized carbons (Fsp3) is 0.190. The van der Waals surface area contributed by atoms with Gasteiger partial charge in [0.2, 0.25) is 0 Å². The van der Waals surface area contributed by atoms with Gasteiger partial charge in [-0.15, -0.1) is 0 Å². The van der Waals surface area contributed by atoms with Crippen LogP contribution in [0.2, 0.25) is 0 Å². The Morgan fingerprint density at radius 1 is 1.08 bits per heavy atom. The number of nitrogens with zero attached hydrogens (tertiary/aromatic N) is 1. The lowest BCUT2D eigenvalue weighted by atomic mass is 10.1. The number of benzene rings is 2. The monoisotopic (exact) mass is 348 g/mol. The molecule has 1 atom stereocenters. The molecule has 0 saturated heterocycles. The van der Waals surface area contributed by atoms with Crippen molar-refractivity contribution in [1.82, 2.24) is 4.98 Å². The summed E-state index contributed by atoms with van der Waals surface area (Å²) in [6.07, 6.45) is 0.692. The molecular weight excluding hydrogens is 328 g/mol. The van der Waals surface area contributed by atoms with Crippen LogP contribution >= 0.6 is 0 Å². The molecule has 0 aliphatic rings. The van der Waals surface area contributed by atoms with Gasteiger partial charge in [0, 0.05) is 17.3 Å². The topological polar surface area (TPSA) is 68.3 Å². The number of nitrogens with one attached hydrogen (secondary N) is 1. The Balaban J connectivity index is 1.73. The maximum Gasteiger partial charge on any atom is 0.341 e. The molecule has 3 aromatic rings. The summed E-state index contributed by atoms with van der Waals surface area (Å²) in [5.74, 6) is -0.948. The van der Waals surface area contributed by atoms with Crippen molar-refractivity contribution in [3.63, 3.8) is 0 Å². The van der Waals surface area contributed by atoms with Crippen LogP contribution in [0.4, 0.5) is 5.69 Å². The van der Waals surface area contributed by atoms with Gasteiger partial charge in [0.25, 0.3) is 5.91 Å². The van der Waals surface area contributed by atoms with Gasteiger partial charge in [-0.3, -0.25) is 9.78 Å². The van der Waals surface area contributed by atoms with Gasteiger partial charge >= 0.3 is 5.97 Å². The number of amides is 1. The first-order valence-corrected chi connectivity index (χ1v) is 8.38. The second-order valence-corrected chi connectivity index (χ2v) is 6.24. The van der Waals surface area contributed by atoms with E-state index in [9.17, 15) is 9.59 Å². The molecule has 0 radical (unpaired) electrons. The standard InChI is InChI=1S/C21H20N2O3/c1-13-9-10-18(14(2)12-13)23-20(24)15(3)26-21(25)17-8-4-6-16-7-5-11-22-19(16)17/h4-12,15H,1-3H3,(H,23,24)/t15-/m1/s1. The predicted molar refractivity (Wildman–Crippen MR) is 101 cm³/mol. The zero-order valence-corrected chi connectivity index (χ0v) is 14.9. The van der Waals surface area contributed by atoms with Crippen LogP contribution in [0.1, 0.15) is 28.4 Å². The van der Waals surface area contributed by atoms with E-state index >= 15 is 0 Å². The molecule has 0 aliphatic carbocycles. The molecular formula is C21H20N2O3. The maximum atomic E-state index is 12.5. The fourth-order valence-corrected chi connectivity index (χ4v) is 2.73. The first-order valence-electron chi connectivity index (χ1n) is 8.38. The van der Waals surface area contributed by atoms with Crippen molar-refractivity contribution < 1.29 is 14.3 Å². The van der Waals surface area contributed by atoms with Crippen molar-refractivity contribution in [2.24, 2.45) is 0 Å². The highest BCUT2D eigenvalue weighted by molar-refractivity contribution is 6.04. The molecule has 0 aliphatic heterocycles. The molecule has 3 rings (SSSR count). The summed E-state index contributed by atoms with van der Waals surface area (Å²) >= 11 is 0. The number of esters is 1. The van der Waals surface area contributed by atoms with E-state index < -0.39 is 12.1 Å². The van der Waals surface area contributed by atoms with Crippen molar-refractivity contribution in [3.05, 3.63) is 71.4 Å². The Morgan fingerprint density at radius 2 is 1.85 bits per heavy atom. The Kier molecular flexibility index (Phi) is 4.98. The number of aromatic nitrogens is 1. The molecule has 0 saturated carbocycles. The summed E-state index contributed by atoms with van der Waals surface area (Å²) in [4.78, 5) is 29.1. The Bertz CT molecular complexity index is 977. The van der Waals surface area contributed by atoms with Crippen molar-refractivity contribution in [2.75, 3.05) is 5.32 Å². The quantitative estimate of drug-likeness (QED) is 0.723. The number of hydrogen-bond acceptors (Lipinski definition) is 4. The van der Waals surface area contributed by atoms with Gasteiger partial charge in [0.15, 0.2) is 6.10 Å². The molecule has 1 heterocycles. The average Bonchev–Trinajstić information content (AvgIpc) is 2.63. The van der Waals surface area contributed by atoms with Crippen LogP contribution in [0.25, 0.3) is 10.9 Å². The molecule has 132 valence electrons. The molecule has 1 amide bonds. The summed E-state index contributed by atoms with van der Waals surface area (Å²) in [5, 5.41) is 3.64. The van der Waals surface area contributed by atoms with E-state index in [1.54, 1.807) is 31.3 Å². The Morgan fingerprint density at radius 3 is 2.62 bits per heavy atom. The minimum absolute atomic E-state index is 0.342. The molecule has 0 fully saturated rings. The number of carbonyl (C=O) groups is 2. The molecule has 5 nitrogen and oxygen atoms in total. The van der Waals surface area contributed by atoms with E-state index in [1.807, 2.05) is 44.2 Å². The number of ether oxygens (including phenoxy) is 1. The second kappa shape index (κ2) is 7.35. The van der Waals surface area contributed by atoms with Crippen molar-refractivity contribution >= 4 is 28.5 Å². The van der Waals surface area contributed by atoms with Crippen molar-refractivity contribution in [3.8, 4) is 0 Å². The summed E-state index contributed by atoms with van der Waals surface area (Å²) in [5.41, 5.74) is 3.67.